The number of ether oxygens (including phenoxy) is 1. The van der Waals surface area contributed by atoms with Gasteiger partial charge in [-0.2, -0.15) is 10.2 Å². The molecule has 0 saturated carbocycles. The first kappa shape index (κ1) is 18.3. The Hall–Kier alpha value is -2.05. The lowest BCUT2D eigenvalue weighted by atomic mass is 10.3. The molecule has 0 spiro atoms. The maximum Gasteiger partial charge on any atom is 0.280 e. The number of rotatable bonds is 6. The van der Waals surface area contributed by atoms with Gasteiger partial charge in [0.15, 0.2) is 6.10 Å². The van der Waals surface area contributed by atoms with Gasteiger partial charge in [-0.15, -0.1) is 0 Å². The van der Waals surface area contributed by atoms with Gasteiger partial charge in [-0.1, -0.05) is 23.2 Å². The zero-order valence-corrected chi connectivity index (χ0v) is 15.1. The van der Waals surface area contributed by atoms with E-state index in [1.54, 1.807) is 36.0 Å². The van der Waals surface area contributed by atoms with Crippen molar-refractivity contribution in [3.63, 3.8) is 0 Å². The number of halogens is 2. The minimum atomic E-state index is -0.764. The van der Waals surface area contributed by atoms with E-state index in [1.165, 1.54) is 0 Å². The molecule has 0 unspecified atom stereocenters. The second kappa shape index (κ2) is 8.17. The highest BCUT2D eigenvalue weighted by atomic mass is 35.5. The molecule has 24 heavy (non-hydrogen) atoms. The molecule has 128 valence electrons. The third-order valence-electron chi connectivity index (χ3n) is 3.25. The minimum absolute atomic E-state index is 0.341. The van der Waals surface area contributed by atoms with E-state index in [0.717, 1.165) is 17.8 Å². The van der Waals surface area contributed by atoms with Crippen molar-refractivity contribution >= 4 is 35.3 Å². The van der Waals surface area contributed by atoms with Crippen molar-refractivity contribution in [1.29, 1.82) is 0 Å². The van der Waals surface area contributed by atoms with E-state index in [-0.39, 0.29) is 0 Å². The topological polar surface area (TPSA) is 68.5 Å². The fourth-order valence-corrected chi connectivity index (χ4v) is 2.35. The Morgan fingerprint density at radius 3 is 2.88 bits per heavy atom. The average molecular weight is 369 g/mol. The van der Waals surface area contributed by atoms with Crippen molar-refractivity contribution in [3.8, 4) is 5.75 Å². The van der Waals surface area contributed by atoms with E-state index in [1.807, 2.05) is 20.0 Å². The number of nitrogens with one attached hydrogen (secondary N) is 1. The number of nitrogens with zero attached hydrogens (tertiary/aromatic N) is 3. The number of benzene rings is 1. The van der Waals surface area contributed by atoms with Gasteiger partial charge >= 0.3 is 0 Å². The molecule has 0 aliphatic carbocycles. The Bertz CT molecular complexity index is 759. The smallest absolute Gasteiger partial charge is 0.280 e. The SMILES string of the molecule is CCn1cc(C=NNC(=O)[C@@H](C)Oc2ccc(Cl)cc2Cl)c(C)n1. The summed E-state index contributed by atoms with van der Waals surface area (Å²) in [5, 5.41) is 9.07. The molecule has 0 radical (unpaired) electrons. The van der Waals surface area contributed by atoms with Crippen LogP contribution in [0.4, 0.5) is 0 Å². The highest BCUT2D eigenvalue weighted by Gasteiger charge is 2.15. The molecule has 0 bridgehead atoms. The van der Waals surface area contributed by atoms with E-state index in [9.17, 15) is 4.79 Å². The second-order valence-corrected chi connectivity index (χ2v) is 5.94. The van der Waals surface area contributed by atoms with Crippen LogP contribution in [0.15, 0.2) is 29.5 Å². The first-order chi connectivity index (χ1) is 11.4. The van der Waals surface area contributed by atoms with Crippen LogP contribution in [0.25, 0.3) is 0 Å². The van der Waals surface area contributed by atoms with E-state index in [4.69, 9.17) is 27.9 Å². The van der Waals surface area contributed by atoms with Gasteiger partial charge in [0.05, 0.1) is 16.9 Å². The number of aromatic nitrogens is 2. The molecule has 1 amide bonds. The monoisotopic (exact) mass is 368 g/mol. The molecule has 1 N–H and O–H groups in total. The summed E-state index contributed by atoms with van der Waals surface area (Å²) in [6.07, 6.45) is 2.65. The highest BCUT2D eigenvalue weighted by molar-refractivity contribution is 6.35. The molecule has 2 aromatic rings. The number of hydrogen-bond donors (Lipinski definition) is 1. The van der Waals surface area contributed by atoms with Gasteiger partial charge in [0, 0.05) is 23.3 Å². The molecule has 2 rings (SSSR count). The molecule has 6 nitrogen and oxygen atoms in total. The molecule has 1 aromatic heterocycles. The summed E-state index contributed by atoms with van der Waals surface area (Å²) in [6.45, 7) is 6.25. The lowest BCUT2D eigenvalue weighted by Gasteiger charge is -2.14. The zero-order chi connectivity index (χ0) is 17.7. The quantitative estimate of drug-likeness (QED) is 0.627. The van der Waals surface area contributed by atoms with Crippen LogP contribution in [0.1, 0.15) is 25.1 Å². The van der Waals surface area contributed by atoms with Gasteiger partial charge in [-0.3, -0.25) is 9.48 Å². The third kappa shape index (κ3) is 4.72. The third-order valence-corrected chi connectivity index (χ3v) is 3.78. The first-order valence-corrected chi connectivity index (χ1v) is 8.15. The number of aryl methyl sites for hydroxylation is 2. The van der Waals surface area contributed by atoms with Gasteiger partial charge in [-0.05, 0) is 39.0 Å². The fourth-order valence-electron chi connectivity index (χ4n) is 1.89. The Balaban J connectivity index is 1.93. The molecule has 0 saturated heterocycles. The van der Waals surface area contributed by atoms with Crippen LogP contribution in [0.5, 0.6) is 5.75 Å². The van der Waals surface area contributed by atoms with E-state index in [0.29, 0.717) is 15.8 Å². The highest BCUT2D eigenvalue weighted by Crippen LogP contribution is 2.28. The molecular formula is C16H18Cl2N4O2. The number of carbonyl (C=O) groups is 1. The Morgan fingerprint density at radius 1 is 1.50 bits per heavy atom. The van der Waals surface area contributed by atoms with Gasteiger partial charge in [0.1, 0.15) is 5.75 Å². The molecule has 0 fully saturated rings. The van der Waals surface area contributed by atoms with Crippen molar-refractivity contribution in [2.75, 3.05) is 0 Å². The standard InChI is InChI=1S/C16H18Cl2N4O2/c1-4-22-9-12(10(2)21-22)8-19-20-16(23)11(3)24-15-6-5-13(17)7-14(15)18/h5-9,11H,4H2,1-3H3,(H,20,23)/t11-/m1/s1. The molecule has 0 aliphatic heterocycles. The predicted octanol–water partition coefficient (Wildman–Crippen LogP) is 3.44. The predicted molar refractivity (Wildman–Crippen MR) is 94.9 cm³/mol. The average Bonchev–Trinajstić information content (AvgIpc) is 2.90. The van der Waals surface area contributed by atoms with Crippen molar-refractivity contribution in [3.05, 3.63) is 45.7 Å². The maximum atomic E-state index is 12.0. The van der Waals surface area contributed by atoms with Crippen LogP contribution >= 0.6 is 23.2 Å². The summed E-state index contributed by atoms with van der Waals surface area (Å²) in [5.74, 6) is -0.00874. The van der Waals surface area contributed by atoms with Crippen molar-refractivity contribution in [2.45, 2.75) is 33.4 Å². The molecule has 1 atom stereocenters. The van der Waals surface area contributed by atoms with Gasteiger partial charge in [0.25, 0.3) is 5.91 Å². The normalized spacial score (nSPS) is 12.4. The number of carbonyl (C=O) groups excluding carboxylic acids is 1. The van der Waals surface area contributed by atoms with Crippen molar-refractivity contribution in [2.24, 2.45) is 5.10 Å². The van der Waals surface area contributed by atoms with Gasteiger partial charge < -0.3 is 4.74 Å². The van der Waals surface area contributed by atoms with Crippen LogP contribution < -0.4 is 10.2 Å². The largest absolute Gasteiger partial charge is 0.479 e. The molecule has 1 heterocycles. The zero-order valence-electron chi connectivity index (χ0n) is 13.6. The summed E-state index contributed by atoms with van der Waals surface area (Å²) in [5.41, 5.74) is 4.12. The Kier molecular flexibility index (Phi) is 6.23. The minimum Gasteiger partial charge on any atom is -0.479 e. The van der Waals surface area contributed by atoms with Crippen LogP contribution in [0.3, 0.4) is 0 Å². The van der Waals surface area contributed by atoms with E-state index >= 15 is 0 Å². The van der Waals surface area contributed by atoms with Crippen LogP contribution in [-0.4, -0.2) is 28.0 Å². The summed E-state index contributed by atoms with van der Waals surface area (Å²) in [7, 11) is 0. The van der Waals surface area contributed by atoms with E-state index < -0.39 is 12.0 Å². The molecule has 8 heteroatoms. The van der Waals surface area contributed by atoms with Crippen LogP contribution in [0.2, 0.25) is 10.0 Å². The molecule has 1 aromatic carbocycles. The summed E-state index contributed by atoms with van der Waals surface area (Å²) in [4.78, 5) is 12.0. The van der Waals surface area contributed by atoms with E-state index in [2.05, 4.69) is 15.6 Å². The van der Waals surface area contributed by atoms with Crippen molar-refractivity contribution in [1.82, 2.24) is 15.2 Å². The summed E-state index contributed by atoms with van der Waals surface area (Å²) < 4.78 is 7.32. The Labute approximate surface area is 150 Å². The molecular weight excluding hydrogens is 351 g/mol. The maximum absolute atomic E-state index is 12.0. The Morgan fingerprint density at radius 2 is 2.25 bits per heavy atom. The van der Waals surface area contributed by atoms with Crippen molar-refractivity contribution < 1.29 is 9.53 Å². The lowest BCUT2D eigenvalue weighted by Crippen LogP contribution is -2.33. The first-order valence-electron chi connectivity index (χ1n) is 7.39. The number of amides is 1. The second-order valence-electron chi connectivity index (χ2n) is 5.09. The van der Waals surface area contributed by atoms with Crippen LogP contribution in [-0.2, 0) is 11.3 Å². The summed E-state index contributed by atoms with van der Waals surface area (Å²) >= 11 is 11.8. The number of hydrogen-bond acceptors (Lipinski definition) is 4. The lowest BCUT2D eigenvalue weighted by molar-refractivity contribution is -0.127. The fraction of sp³-hybridized carbons (Fsp3) is 0.312. The van der Waals surface area contributed by atoms with Gasteiger partial charge in [0.2, 0.25) is 0 Å². The van der Waals surface area contributed by atoms with Crippen LogP contribution in [0, 0.1) is 6.92 Å². The van der Waals surface area contributed by atoms with Gasteiger partial charge in [-0.25, -0.2) is 5.43 Å². The summed E-state index contributed by atoms with van der Waals surface area (Å²) in [6, 6.07) is 4.80. The molecule has 0 aliphatic rings. The number of hydrazone groups is 1.